The fourth-order valence-electron chi connectivity index (χ4n) is 2.29. The van der Waals surface area contributed by atoms with Gasteiger partial charge in [-0.25, -0.2) is 0 Å². The number of rotatable bonds is 1. The van der Waals surface area contributed by atoms with Crippen molar-refractivity contribution in [3.8, 4) is 11.5 Å². The Labute approximate surface area is 102 Å². The van der Waals surface area contributed by atoms with Gasteiger partial charge in [0, 0.05) is 5.56 Å². The molecule has 0 aromatic heterocycles. The van der Waals surface area contributed by atoms with Gasteiger partial charge in [-0.3, -0.25) is 0 Å². The Morgan fingerprint density at radius 1 is 1.06 bits per heavy atom. The van der Waals surface area contributed by atoms with Gasteiger partial charge in [0.15, 0.2) is 11.5 Å². The van der Waals surface area contributed by atoms with Crippen molar-refractivity contribution in [3.05, 3.63) is 23.3 Å². The molecule has 100 valence electrons. The average molecular weight is 261 g/mol. The van der Waals surface area contributed by atoms with Crippen LogP contribution in [0.2, 0.25) is 0 Å². The molecule has 18 heavy (non-hydrogen) atoms. The first kappa shape index (κ1) is 13.0. The van der Waals surface area contributed by atoms with Gasteiger partial charge in [-0.2, -0.15) is 13.2 Å². The average Bonchev–Trinajstić information content (AvgIpc) is 2.32. The highest BCUT2D eigenvalue weighted by Gasteiger charge is 2.36. The standard InChI is InChI=1S/C12H14F3NO2/c13-12(14,15)9-2-1-8(10(17)11(9)18)7-3-5-16-6-4-7/h1-2,7,16-18H,3-6H2. The Balaban J connectivity index is 2.37. The maximum atomic E-state index is 12.5. The molecule has 0 radical (unpaired) electrons. The molecule has 0 spiro atoms. The fraction of sp³-hybridized carbons (Fsp3) is 0.500. The summed E-state index contributed by atoms with van der Waals surface area (Å²) in [6, 6.07) is 2.08. The van der Waals surface area contributed by atoms with E-state index in [-0.39, 0.29) is 5.92 Å². The summed E-state index contributed by atoms with van der Waals surface area (Å²) in [5.41, 5.74) is -0.806. The van der Waals surface area contributed by atoms with E-state index in [0.29, 0.717) is 5.56 Å². The molecule has 0 saturated carbocycles. The second-order valence-electron chi connectivity index (χ2n) is 4.42. The van der Waals surface area contributed by atoms with Crippen LogP contribution in [-0.4, -0.2) is 23.3 Å². The minimum Gasteiger partial charge on any atom is -0.504 e. The monoisotopic (exact) mass is 261 g/mol. The van der Waals surface area contributed by atoms with E-state index in [0.717, 1.165) is 32.0 Å². The molecule has 3 N–H and O–H groups in total. The van der Waals surface area contributed by atoms with E-state index in [9.17, 15) is 23.4 Å². The van der Waals surface area contributed by atoms with Crippen molar-refractivity contribution in [2.24, 2.45) is 0 Å². The van der Waals surface area contributed by atoms with Crippen LogP contribution < -0.4 is 5.32 Å². The third-order valence-electron chi connectivity index (χ3n) is 3.27. The van der Waals surface area contributed by atoms with Gasteiger partial charge in [0.1, 0.15) is 5.56 Å². The van der Waals surface area contributed by atoms with E-state index in [1.807, 2.05) is 0 Å². The second kappa shape index (κ2) is 4.68. The van der Waals surface area contributed by atoms with Gasteiger partial charge < -0.3 is 15.5 Å². The summed E-state index contributed by atoms with van der Waals surface area (Å²) in [6.07, 6.45) is -3.19. The van der Waals surface area contributed by atoms with Crippen LogP contribution in [-0.2, 0) is 6.18 Å². The number of nitrogens with one attached hydrogen (secondary N) is 1. The highest BCUT2D eigenvalue weighted by molar-refractivity contribution is 5.52. The summed E-state index contributed by atoms with van der Waals surface area (Å²) in [5.74, 6) is -1.73. The van der Waals surface area contributed by atoms with Gasteiger partial charge in [-0.1, -0.05) is 6.07 Å². The molecule has 2 rings (SSSR count). The summed E-state index contributed by atoms with van der Waals surface area (Å²) in [5, 5.41) is 22.3. The normalized spacial score (nSPS) is 17.9. The number of benzene rings is 1. The van der Waals surface area contributed by atoms with Crippen molar-refractivity contribution >= 4 is 0 Å². The molecule has 0 unspecified atom stereocenters. The summed E-state index contributed by atoms with van der Waals surface area (Å²) in [4.78, 5) is 0. The molecular weight excluding hydrogens is 247 g/mol. The number of phenolic OH excluding ortho intramolecular Hbond substituents is 2. The number of alkyl halides is 3. The molecule has 1 aliphatic rings. The Hall–Kier alpha value is -1.43. The third-order valence-corrected chi connectivity index (χ3v) is 3.27. The Morgan fingerprint density at radius 3 is 2.22 bits per heavy atom. The summed E-state index contributed by atoms with van der Waals surface area (Å²) in [6.45, 7) is 1.51. The zero-order valence-corrected chi connectivity index (χ0v) is 9.59. The van der Waals surface area contributed by atoms with Crippen molar-refractivity contribution in [2.75, 3.05) is 13.1 Å². The smallest absolute Gasteiger partial charge is 0.420 e. The number of hydrogen-bond donors (Lipinski definition) is 3. The molecule has 0 aliphatic carbocycles. The first-order valence-electron chi connectivity index (χ1n) is 5.74. The SMILES string of the molecule is Oc1c(C2CCNCC2)ccc(C(F)(F)F)c1O. The van der Waals surface area contributed by atoms with Gasteiger partial charge in [0.05, 0.1) is 0 Å². The zero-order valence-electron chi connectivity index (χ0n) is 9.59. The number of aromatic hydroxyl groups is 2. The molecule has 1 fully saturated rings. The summed E-state index contributed by atoms with van der Waals surface area (Å²) < 4.78 is 37.6. The van der Waals surface area contributed by atoms with Crippen molar-refractivity contribution in [2.45, 2.75) is 24.9 Å². The minimum absolute atomic E-state index is 0.0144. The topological polar surface area (TPSA) is 52.5 Å². The van der Waals surface area contributed by atoms with Crippen molar-refractivity contribution in [1.82, 2.24) is 5.32 Å². The van der Waals surface area contributed by atoms with E-state index >= 15 is 0 Å². The molecule has 1 heterocycles. The molecule has 0 amide bonds. The molecule has 1 aromatic rings. The Bertz CT molecular complexity index is 440. The lowest BCUT2D eigenvalue weighted by Crippen LogP contribution is -2.26. The first-order chi connectivity index (χ1) is 8.41. The lowest BCUT2D eigenvalue weighted by molar-refractivity contribution is -0.138. The number of halogens is 3. The molecule has 6 heteroatoms. The molecule has 1 aromatic carbocycles. The predicted molar refractivity (Wildman–Crippen MR) is 59.6 cm³/mol. The van der Waals surface area contributed by atoms with Crippen molar-refractivity contribution < 1.29 is 23.4 Å². The van der Waals surface area contributed by atoms with Crippen LogP contribution in [0.15, 0.2) is 12.1 Å². The largest absolute Gasteiger partial charge is 0.504 e. The maximum Gasteiger partial charge on any atom is 0.420 e. The van der Waals surface area contributed by atoms with E-state index in [2.05, 4.69) is 5.32 Å². The summed E-state index contributed by atoms with van der Waals surface area (Å²) >= 11 is 0. The highest BCUT2D eigenvalue weighted by Crippen LogP contribution is 2.45. The van der Waals surface area contributed by atoms with E-state index < -0.39 is 23.2 Å². The van der Waals surface area contributed by atoms with Crippen LogP contribution in [0.3, 0.4) is 0 Å². The molecule has 1 aliphatic heterocycles. The Kier molecular flexibility index (Phi) is 3.38. The molecule has 3 nitrogen and oxygen atoms in total. The van der Waals surface area contributed by atoms with E-state index in [1.54, 1.807) is 0 Å². The highest BCUT2D eigenvalue weighted by atomic mass is 19.4. The first-order valence-corrected chi connectivity index (χ1v) is 5.74. The van der Waals surface area contributed by atoms with Crippen LogP contribution in [0.5, 0.6) is 11.5 Å². The Morgan fingerprint density at radius 2 is 1.67 bits per heavy atom. The molecule has 0 atom stereocenters. The summed E-state index contributed by atoms with van der Waals surface area (Å²) in [7, 11) is 0. The van der Waals surface area contributed by atoms with Crippen LogP contribution in [0.25, 0.3) is 0 Å². The number of hydrogen-bond acceptors (Lipinski definition) is 3. The third kappa shape index (κ3) is 2.38. The quantitative estimate of drug-likeness (QED) is 0.681. The van der Waals surface area contributed by atoms with Gasteiger partial charge >= 0.3 is 6.18 Å². The fourth-order valence-corrected chi connectivity index (χ4v) is 2.29. The van der Waals surface area contributed by atoms with E-state index in [1.165, 1.54) is 6.07 Å². The van der Waals surface area contributed by atoms with Crippen LogP contribution >= 0.6 is 0 Å². The van der Waals surface area contributed by atoms with Gasteiger partial charge in [0.25, 0.3) is 0 Å². The van der Waals surface area contributed by atoms with Gasteiger partial charge in [-0.05, 0) is 37.9 Å². The minimum atomic E-state index is -4.66. The van der Waals surface area contributed by atoms with Crippen LogP contribution in [0.4, 0.5) is 13.2 Å². The predicted octanol–water partition coefficient (Wildman–Crippen LogP) is 2.58. The van der Waals surface area contributed by atoms with Gasteiger partial charge in [0.2, 0.25) is 0 Å². The lowest BCUT2D eigenvalue weighted by atomic mass is 9.88. The molecule has 1 saturated heterocycles. The zero-order chi connectivity index (χ0) is 13.3. The molecule has 0 bridgehead atoms. The lowest BCUT2D eigenvalue weighted by Gasteiger charge is -2.24. The van der Waals surface area contributed by atoms with Crippen molar-refractivity contribution in [1.29, 1.82) is 0 Å². The second-order valence-corrected chi connectivity index (χ2v) is 4.42. The van der Waals surface area contributed by atoms with Crippen molar-refractivity contribution in [3.63, 3.8) is 0 Å². The molecular formula is C12H14F3NO2. The number of phenols is 2. The van der Waals surface area contributed by atoms with Crippen LogP contribution in [0, 0.1) is 0 Å². The van der Waals surface area contributed by atoms with Gasteiger partial charge in [-0.15, -0.1) is 0 Å². The maximum absolute atomic E-state index is 12.5. The van der Waals surface area contributed by atoms with E-state index in [4.69, 9.17) is 0 Å². The van der Waals surface area contributed by atoms with Crippen LogP contribution in [0.1, 0.15) is 29.9 Å². The number of piperidine rings is 1.